The highest BCUT2D eigenvalue weighted by Crippen LogP contribution is 2.22. The number of anilines is 1. The van der Waals surface area contributed by atoms with E-state index in [0.717, 1.165) is 0 Å². The molecule has 1 atom stereocenters. The number of hydrogen-bond acceptors (Lipinski definition) is 5. The lowest BCUT2D eigenvalue weighted by atomic mass is 10.0. The molecule has 1 rings (SSSR count). The van der Waals surface area contributed by atoms with E-state index in [1.54, 1.807) is 24.3 Å². The molecule has 0 saturated heterocycles. The first-order chi connectivity index (χ1) is 10.9. The SMILES string of the molecule is COC(=O)C(Cc1cc(NC(=O)CC#N)ccc1Cl)NC(C)=O. The summed E-state index contributed by atoms with van der Waals surface area (Å²) in [6, 6.07) is 5.57. The predicted molar refractivity (Wildman–Crippen MR) is 83.6 cm³/mol. The monoisotopic (exact) mass is 337 g/mol. The van der Waals surface area contributed by atoms with Crippen LogP contribution in [0.1, 0.15) is 18.9 Å². The summed E-state index contributed by atoms with van der Waals surface area (Å²) in [5.74, 6) is -1.43. The number of nitrogens with one attached hydrogen (secondary N) is 2. The van der Waals surface area contributed by atoms with Crippen molar-refractivity contribution in [2.45, 2.75) is 25.8 Å². The Morgan fingerprint density at radius 1 is 1.39 bits per heavy atom. The quantitative estimate of drug-likeness (QED) is 0.763. The molecular weight excluding hydrogens is 322 g/mol. The van der Waals surface area contributed by atoms with E-state index in [0.29, 0.717) is 16.3 Å². The van der Waals surface area contributed by atoms with Crippen LogP contribution >= 0.6 is 11.6 Å². The maximum atomic E-state index is 11.7. The molecule has 0 bridgehead atoms. The molecule has 122 valence electrons. The van der Waals surface area contributed by atoms with Crippen molar-refractivity contribution in [1.82, 2.24) is 5.32 Å². The third-order valence-electron chi connectivity index (χ3n) is 2.86. The standard InChI is InChI=1S/C15H16ClN3O4/c1-9(20)18-13(15(22)23-2)8-10-7-11(3-4-12(10)16)19-14(21)5-6-17/h3-4,7,13H,5,8H2,1-2H3,(H,18,20)(H,19,21). The van der Waals surface area contributed by atoms with Gasteiger partial charge in [-0.2, -0.15) is 5.26 Å². The molecule has 1 aromatic carbocycles. The molecule has 1 unspecified atom stereocenters. The fraction of sp³-hybridized carbons (Fsp3) is 0.333. The van der Waals surface area contributed by atoms with Crippen LogP contribution in [0, 0.1) is 11.3 Å². The van der Waals surface area contributed by atoms with Crippen LogP contribution in [0.5, 0.6) is 0 Å². The molecule has 2 N–H and O–H groups in total. The summed E-state index contributed by atoms with van der Waals surface area (Å²) in [6.07, 6.45) is -0.165. The van der Waals surface area contributed by atoms with Gasteiger partial charge < -0.3 is 15.4 Å². The van der Waals surface area contributed by atoms with Crippen molar-refractivity contribution in [2.75, 3.05) is 12.4 Å². The summed E-state index contributed by atoms with van der Waals surface area (Å²) >= 11 is 6.09. The minimum atomic E-state index is -0.889. The largest absolute Gasteiger partial charge is 0.467 e. The number of methoxy groups -OCH3 is 1. The van der Waals surface area contributed by atoms with Crippen LogP contribution in [0.3, 0.4) is 0 Å². The van der Waals surface area contributed by atoms with E-state index < -0.39 is 17.9 Å². The van der Waals surface area contributed by atoms with Gasteiger partial charge in [-0.15, -0.1) is 0 Å². The second-order valence-corrected chi connectivity index (χ2v) is 5.08. The maximum Gasteiger partial charge on any atom is 0.328 e. The van der Waals surface area contributed by atoms with Gasteiger partial charge in [-0.05, 0) is 23.8 Å². The summed E-state index contributed by atoms with van der Waals surface area (Å²) in [7, 11) is 1.22. The number of ether oxygens (including phenoxy) is 1. The molecule has 0 heterocycles. The predicted octanol–water partition coefficient (Wildman–Crippen LogP) is 1.41. The number of carbonyl (C=O) groups excluding carboxylic acids is 3. The number of esters is 1. The lowest BCUT2D eigenvalue weighted by Gasteiger charge is -2.17. The zero-order valence-electron chi connectivity index (χ0n) is 12.7. The molecule has 0 saturated carbocycles. The fourth-order valence-corrected chi connectivity index (χ4v) is 2.08. The Morgan fingerprint density at radius 2 is 2.09 bits per heavy atom. The van der Waals surface area contributed by atoms with E-state index in [1.807, 2.05) is 0 Å². The molecule has 8 heteroatoms. The Labute approximate surface area is 138 Å². The normalized spacial score (nSPS) is 11.0. The van der Waals surface area contributed by atoms with Gasteiger partial charge in [0.1, 0.15) is 12.5 Å². The van der Waals surface area contributed by atoms with Crippen molar-refractivity contribution < 1.29 is 19.1 Å². The van der Waals surface area contributed by atoms with Gasteiger partial charge in [-0.25, -0.2) is 4.79 Å². The topological polar surface area (TPSA) is 108 Å². The first kappa shape index (κ1) is 18.5. The van der Waals surface area contributed by atoms with E-state index >= 15 is 0 Å². The van der Waals surface area contributed by atoms with E-state index in [1.165, 1.54) is 14.0 Å². The van der Waals surface area contributed by atoms with Crippen molar-refractivity contribution in [3.8, 4) is 6.07 Å². The molecule has 7 nitrogen and oxygen atoms in total. The van der Waals surface area contributed by atoms with Crippen molar-refractivity contribution >= 4 is 35.1 Å². The van der Waals surface area contributed by atoms with Gasteiger partial charge in [0.25, 0.3) is 0 Å². The summed E-state index contributed by atoms with van der Waals surface area (Å²) in [4.78, 5) is 34.4. The lowest BCUT2D eigenvalue weighted by molar-refractivity contribution is -0.144. The minimum Gasteiger partial charge on any atom is -0.467 e. The molecular formula is C15H16ClN3O4. The Kier molecular flexibility index (Phi) is 7.03. The summed E-state index contributed by atoms with van der Waals surface area (Å²) in [5, 5.41) is 13.9. The molecule has 2 amide bonds. The number of rotatable bonds is 6. The molecule has 0 spiro atoms. The van der Waals surface area contributed by atoms with Crippen molar-refractivity contribution in [2.24, 2.45) is 0 Å². The molecule has 0 aliphatic heterocycles. The highest BCUT2D eigenvalue weighted by atomic mass is 35.5. The van der Waals surface area contributed by atoms with Crippen LogP contribution in [0.4, 0.5) is 5.69 Å². The van der Waals surface area contributed by atoms with E-state index in [2.05, 4.69) is 15.4 Å². The second-order valence-electron chi connectivity index (χ2n) is 4.67. The minimum absolute atomic E-state index is 0.104. The molecule has 0 aromatic heterocycles. The van der Waals surface area contributed by atoms with Crippen molar-refractivity contribution in [3.05, 3.63) is 28.8 Å². The highest BCUT2D eigenvalue weighted by Gasteiger charge is 2.22. The number of carbonyl (C=O) groups is 3. The molecule has 1 aromatic rings. The highest BCUT2D eigenvalue weighted by molar-refractivity contribution is 6.31. The maximum absolute atomic E-state index is 11.7. The molecule has 23 heavy (non-hydrogen) atoms. The Morgan fingerprint density at radius 3 is 2.65 bits per heavy atom. The number of amides is 2. The number of halogens is 1. The van der Waals surface area contributed by atoms with Crippen LogP contribution in [0.15, 0.2) is 18.2 Å². The van der Waals surface area contributed by atoms with E-state index in [9.17, 15) is 14.4 Å². The number of hydrogen-bond donors (Lipinski definition) is 2. The zero-order valence-corrected chi connectivity index (χ0v) is 13.4. The van der Waals surface area contributed by atoms with Crippen LogP contribution in [-0.4, -0.2) is 30.9 Å². The van der Waals surface area contributed by atoms with Crippen LogP contribution in [-0.2, 0) is 25.5 Å². The zero-order chi connectivity index (χ0) is 17.4. The molecule has 0 aliphatic carbocycles. The fourth-order valence-electron chi connectivity index (χ4n) is 1.89. The van der Waals surface area contributed by atoms with Crippen molar-refractivity contribution in [1.29, 1.82) is 5.26 Å². The van der Waals surface area contributed by atoms with E-state index in [-0.39, 0.29) is 18.7 Å². The van der Waals surface area contributed by atoms with Gasteiger partial charge in [0, 0.05) is 24.1 Å². The first-order valence-electron chi connectivity index (χ1n) is 6.67. The molecule has 0 aliphatic rings. The van der Waals surface area contributed by atoms with Crippen LogP contribution in [0.2, 0.25) is 5.02 Å². The Balaban J connectivity index is 2.96. The summed E-state index contributed by atoms with van der Waals surface area (Å²) in [6.45, 7) is 1.29. The third-order valence-corrected chi connectivity index (χ3v) is 3.23. The van der Waals surface area contributed by atoms with Gasteiger partial charge in [0.05, 0.1) is 13.2 Å². The lowest BCUT2D eigenvalue weighted by Crippen LogP contribution is -2.42. The van der Waals surface area contributed by atoms with Crippen molar-refractivity contribution in [3.63, 3.8) is 0 Å². The number of nitrogens with zero attached hydrogens (tertiary/aromatic N) is 1. The third kappa shape index (κ3) is 5.96. The van der Waals surface area contributed by atoms with Gasteiger partial charge >= 0.3 is 5.97 Å². The second kappa shape index (κ2) is 8.76. The van der Waals surface area contributed by atoms with E-state index in [4.69, 9.17) is 16.9 Å². The van der Waals surface area contributed by atoms with Crippen LogP contribution < -0.4 is 10.6 Å². The van der Waals surface area contributed by atoms with Gasteiger partial charge in [0.2, 0.25) is 11.8 Å². The van der Waals surface area contributed by atoms with Gasteiger partial charge in [-0.3, -0.25) is 9.59 Å². The number of benzene rings is 1. The number of nitriles is 1. The van der Waals surface area contributed by atoms with Crippen LogP contribution in [0.25, 0.3) is 0 Å². The average molecular weight is 338 g/mol. The Bertz CT molecular complexity index is 655. The van der Waals surface area contributed by atoms with Gasteiger partial charge in [0.15, 0.2) is 0 Å². The Hall–Kier alpha value is -2.59. The average Bonchev–Trinajstić information content (AvgIpc) is 2.48. The smallest absolute Gasteiger partial charge is 0.328 e. The first-order valence-corrected chi connectivity index (χ1v) is 7.05. The summed E-state index contributed by atoms with van der Waals surface area (Å²) < 4.78 is 4.65. The summed E-state index contributed by atoms with van der Waals surface area (Å²) in [5.41, 5.74) is 0.988. The van der Waals surface area contributed by atoms with Gasteiger partial charge in [-0.1, -0.05) is 11.6 Å². The molecule has 0 radical (unpaired) electrons. The molecule has 0 fully saturated rings.